The number of aryl methyl sites for hydroxylation is 1. The highest BCUT2D eigenvalue weighted by atomic mass is 28.2. The van der Waals surface area contributed by atoms with Gasteiger partial charge in [0.25, 0.3) is 0 Å². The van der Waals surface area contributed by atoms with Gasteiger partial charge in [0.1, 0.15) is 7.85 Å². The molecule has 200 valence electrons. The first-order valence-electron chi connectivity index (χ1n) is 14.1. The molecule has 2 nitrogen and oxygen atoms in total. The molecule has 0 aliphatic rings. The fourth-order valence-electron chi connectivity index (χ4n) is 5.41. The molecule has 0 saturated carbocycles. The summed E-state index contributed by atoms with van der Waals surface area (Å²) >= 11 is 0. The summed E-state index contributed by atoms with van der Waals surface area (Å²) in [5, 5.41) is 1.24. The fourth-order valence-corrected chi connectivity index (χ4v) is 7.72. The smallest absolute Gasteiger partial charge is 0.130 e. The van der Waals surface area contributed by atoms with Crippen LogP contribution in [0.15, 0.2) is 170 Å². The van der Waals surface area contributed by atoms with Crippen molar-refractivity contribution in [2.24, 2.45) is 0 Å². The van der Waals surface area contributed by atoms with E-state index >= 15 is 0 Å². The van der Waals surface area contributed by atoms with Crippen LogP contribution in [0.2, 0.25) is 0 Å². The molecular weight excluding hydrogens is 511 g/mol. The summed E-state index contributed by atoms with van der Waals surface area (Å²) in [5.74, 6) is 2.16. The van der Waals surface area contributed by atoms with Gasteiger partial charge in [0, 0.05) is 12.4 Å². The third-order valence-corrected chi connectivity index (χ3v) is 10.1. The minimum absolute atomic E-state index is 0.200. The van der Waals surface area contributed by atoms with Gasteiger partial charge in [0.05, 0.1) is 21.0 Å². The molecule has 1 aromatic heterocycles. The highest BCUT2D eigenvalue weighted by Gasteiger charge is 2.36. The van der Waals surface area contributed by atoms with E-state index in [1.54, 1.807) is 0 Å². The molecule has 0 saturated heterocycles. The van der Waals surface area contributed by atoms with E-state index in [0.717, 1.165) is 0 Å². The lowest BCUT2D eigenvalue weighted by molar-refractivity contribution is 0.596. The molecule has 41 heavy (non-hydrogen) atoms. The molecule has 0 amide bonds. The van der Waals surface area contributed by atoms with E-state index in [1.165, 1.54) is 38.6 Å². The normalized spacial score (nSPS) is 11.0. The van der Waals surface area contributed by atoms with Gasteiger partial charge < -0.3 is 4.57 Å². The standard InChI is InChI=1S/C23H22N2Si.C14H13B/c1-19-12-14-22(15-13-19)26-23(25-17-16-24-18-25,20-8-4-2-5-9-20)21-10-6-3-7-11-21;15-11-14(12-7-3-1-4-8-12)13-9-5-2-6-10-13/h2-18H,26H2,1H3;1-11H,15H2. The van der Waals surface area contributed by atoms with Crippen LogP contribution < -0.4 is 5.19 Å². The van der Waals surface area contributed by atoms with E-state index in [0.29, 0.717) is 0 Å². The Morgan fingerprint density at radius 2 is 1.12 bits per heavy atom. The van der Waals surface area contributed by atoms with Crippen LogP contribution in [-0.4, -0.2) is 26.9 Å². The molecule has 0 aliphatic heterocycles. The lowest BCUT2D eigenvalue weighted by Gasteiger charge is -2.37. The zero-order chi connectivity index (χ0) is 28.3. The van der Waals surface area contributed by atoms with Crippen LogP contribution in [0.25, 0.3) is 5.57 Å². The summed E-state index contributed by atoms with van der Waals surface area (Å²) in [4.78, 5) is 4.38. The first-order chi connectivity index (χ1) is 20.2. The molecule has 1 heterocycles. The van der Waals surface area contributed by atoms with Crippen molar-refractivity contribution in [2.75, 3.05) is 0 Å². The van der Waals surface area contributed by atoms with Crippen LogP contribution >= 0.6 is 0 Å². The van der Waals surface area contributed by atoms with Crippen LogP contribution in [0, 0.1) is 6.92 Å². The molecule has 0 bridgehead atoms. The van der Waals surface area contributed by atoms with Crippen LogP contribution in [0.4, 0.5) is 0 Å². The highest BCUT2D eigenvalue weighted by molar-refractivity contribution is 6.57. The van der Waals surface area contributed by atoms with Gasteiger partial charge in [-0.3, -0.25) is 0 Å². The Bertz CT molecular complexity index is 1550. The molecule has 0 fully saturated rings. The Kier molecular flexibility index (Phi) is 9.25. The van der Waals surface area contributed by atoms with E-state index in [4.69, 9.17) is 0 Å². The van der Waals surface area contributed by atoms with E-state index in [2.05, 4.69) is 170 Å². The summed E-state index contributed by atoms with van der Waals surface area (Å²) in [6.07, 6.45) is 5.94. The maximum Gasteiger partial charge on any atom is 0.130 e. The maximum absolute atomic E-state index is 4.38. The van der Waals surface area contributed by atoms with Gasteiger partial charge in [0.15, 0.2) is 0 Å². The highest BCUT2D eigenvalue weighted by Crippen LogP contribution is 2.33. The van der Waals surface area contributed by atoms with Gasteiger partial charge in [-0.25, -0.2) is 4.98 Å². The number of rotatable bonds is 7. The van der Waals surface area contributed by atoms with Crippen LogP contribution in [0.1, 0.15) is 27.8 Å². The first-order valence-corrected chi connectivity index (χ1v) is 15.5. The van der Waals surface area contributed by atoms with Crippen LogP contribution in [0.5, 0.6) is 0 Å². The summed E-state index contributed by atoms with van der Waals surface area (Å²) < 4.78 is 2.30. The molecule has 0 radical (unpaired) electrons. The van der Waals surface area contributed by atoms with Crippen molar-refractivity contribution in [2.45, 2.75) is 12.1 Å². The lowest BCUT2D eigenvalue weighted by Crippen LogP contribution is -2.46. The second kappa shape index (κ2) is 13.6. The Morgan fingerprint density at radius 3 is 1.54 bits per heavy atom. The second-order valence-electron chi connectivity index (χ2n) is 10.2. The predicted molar refractivity (Wildman–Crippen MR) is 179 cm³/mol. The number of hydrogen-bond acceptors (Lipinski definition) is 1. The molecule has 0 spiro atoms. The number of aromatic nitrogens is 2. The average Bonchev–Trinajstić information content (AvgIpc) is 3.59. The molecule has 5 aromatic carbocycles. The third kappa shape index (κ3) is 6.56. The number of imidazole rings is 1. The zero-order valence-electron chi connectivity index (χ0n) is 23.8. The molecular formula is C37H35BN2Si. The summed E-state index contributed by atoms with van der Waals surface area (Å²) in [7, 11) is 1.32. The van der Waals surface area contributed by atoms with E-state index in [1.807, 2.05) is 24.7 Å². The lowest BCUT2D eigenvalue weighted by atomic mass is 9.92. The van der Waals surface area contributed by atoms with Crippen molar-refractivity contribution in [3.63, 3.8) is 0 Å². The predicted octanol–water partition coefficient (Wildman–Crippen LogP) is 6.14. The van der Waals surface area contributed by atoms with Gasteiger partial charge in [-0.1, -0.05) is 156 Å². The molecule has 6 aromatic rings. The van der Waals surface area contributed by atoms with Gasteiger partial charge >= 0.3 is 0 Å². The Morgan fingerprint density at radius 1 is 0.659 bits per heavy atom. The number of hydrogen-bond donors (Lipinski definition) is 0. The van der Waals surface area contributed by atoms with Crippen molar-refractivity contribution in [1.29, 1.82) is 0 Å². The van der Waals surface area contributed by atoms with Crippen LogP contribution in [0.3, 0.4) is 0 Å². The van der Waals surface area contributed by atoms with Gasteiger partial charge in [-0.2, -0.15) is 0 Å². The minimum atomic E-state index is -0.763. The third-order valence-electron chi connectivity index (χ3n) is 7.49. The topological polar surface area (TPSA) is 17.8 Å². The molecule has 0 unspecified atom stereocenters. The fraction of sp³-hybridized carbons (Fsp3) is 0.0541. The van der Waals surface area contributed by atoms with E-state index in [-0.39, 0.29) is 5.16 Å². The maximum atomic E-state index is 4.38. The molecule has 0 aliphatic carbocycles. The van der Waals surface area contributed by atoms with E-state index < -0.39 is 9.52 Å². The number of benzene rings is 5. The summed E-state index contributed by atoms with van der Waals surface area (Å²) in [5.41, 5.74) is 7.76. The largest absolute Gasteiger partial charge is 0.326 e. The van der Waals surface area contributed by atoms with Crippen molar-refractivity contribution in [1.82, 2.24) is 9.55 Å². The van der Waals surface area contributed by atoms with Crippen molar-refractivity contribution >= 4 is 28.1 Å². The monoisotopic (exact) mass is 546 g/mol. The molecule has 6 rings (SSSR count). The minimum Gasteiger partial charge on any atom is -0.326 e. The van der Waals surface area contributed by atoms with E-state index in [9.17, 15) is 0 Å². The van der Waals surface area contributed by atoms with Crippen molar-refractivity contribution in [3.8, 4) is 0 Å². The van der Waals surface area contributed by atoms with Gasteiger partial charge in [-0.15, -0.1) is 5.98 Å². The molecule has 0 atom stereocenters. The van der Waals surface area contributed by atoms with Crippen molar-refractivity contribution < 1.29 is 0 Å². The first kappa shape index (κ1) is 27.9. The quantitative estimate of drug-likeness (QED) is 0.220. The Labute approximate surface area is 247 Å². The Hall–Kier alpha value is -4.67. The van der Waals surface area contributed by atoms with Crippen LogP contribution in [-0.2, 0) is 5.16 Å². The summed E-state index contributed by atoms with van der Waals surface area (Å²) in [6, 6.07) is 51.6. The SMILES string of the molecule is BC=C(c1ccccc1)c1ccccc1.Cc1ccc([SiH2]C(c2ccccc2)(c2ccccc2)n2ccnc2)cc1. The molecule has 0 N–H and O–H groups in total. The second-order valence-corrected chi connectivity index (χ2v) is 12.4. The van der Waals surface area contributed by atoms with Crippen molar-refractivity contribution in [3.05, 3.63) is 198 Å². The molecule has 4 heteroatoms. The summed E-state index contributed by atoms with van der Waals surface area (Å²) in [6.45, 7) is 2.14. The Balaban J connectivity index is 0.000000191. The van der Waals surface area contributed by atoms with Gasteiger partial charge in [0.2, 0.25) is 0 Å². The van der Waals surface area contributed by atoms with Gasteiger partial charge in [-0.05, 0) is 34.8 Å². The average molecular weight is 547 g/mol. The number of nitrogens with zero attached hydrogens (tertiary/aromatic N) is 2. The zero-order valence-corrected chi connectivity index (χ0v) is 25.2.